The van der Waals surface area contributed by atoms with Gasteiger partial charge in [0, 0.05) is 4.90 Å². The molecule has 1 aliphatic rings. The van der Waals surface area contributed by atoms with E-state index in [2.05, 4.69) is 18.2 Å². The normalized spacial score (nSPS) is 20.0. The van der Waals surface area contributed by atoms with Crippen molar-refractivity contribution in [2.24, 2.45) is 5.73 Å². The molecule has 2 nitrogen and oxygen atoms in total. The molecule has 0 saturated carbocycles. The van der Waals surface area contributed by atoms with Crippen LogP contribution in [0.15, 0.2) is 23.1 Å². The molecule has 1 heterocycles. The lowest BCUT2D eigenvalue weighted by atomic mass is 9.91. The molecule has 0 radical (unpaired) electrons. The average molecular weight is 237 g/mol. The SMILES string of the molecule is COc1ccc2c(c1)C(CCN)CCCS2. The van der Waals surface area contributed by atoms with E-state index in [0.29, 0.717) is 5.92 Å². The Morgan fingerprint density at radius 3 is 3.12 bits per heavy atom. The van der Waals surface area contributed by atoms with E-state index in [1.54, 1.807) is 7.11 Å². The molecule has 0 spiro atoms. The van der Waals surface area contributed by atoms with Gasteiger partial charge in [-0.25, -0.2) is 0 Å². The molecule has 16 heavy (non-hydrogen) atoms. The highest BCUT2D eigenvalue weighted by Crippen LogP contribution is 2.39. The van der Waals surface area contributed by atoms with Crippen LogP contribution in [0.4, 0.5) is 0 Å². The first kappa shape index (κ1) is 11.8. The zero-order chi connectivity index (χ0) is 11.4. The van der Waals surface area contributed by atoms with Gasteiger partial charge in [0.15, 0.2) is 0 Å². The summed E-state index contributed by atoms with van der Waals surface area (Å²) in [6.07, 6.45) is 3.62. The molecule has 0 fully saturated rings. The van der Waals surface area contributed by atoms with Gasteiger partial charge in [-0.2, -0.15) is 0 Å². The van der Waals surface area contributed by atoms with E-state index in [1.165, 1.54) is 29.1 Å². The number of benzene rings is 1. The number of ether oxygens (including phenoxy) is 1. The highest BCUT2D eigenvalue weighted by Gasteiger charge is 2.19. The van der Waals surface area contributed by atoms with Crippen LogP contribution in [0.2, 0.25) is 0 Å². The first-order valence-corrected chi connectivity index (χ1v) is 6.84. The smallest absolute Gasteiger partial charge is 0.119 e. The Labute approximate surface area is 102 Å². The third-order valence-corrected chi connectivity index (χ3v) is 4.30. The second-order valence-corrected chi connectivity index (χ2v) is 5.31. The zero-order valence-corrected chi connectivity index (χ0v) is 10.6. The lowest BCUT2D eigenvalue weighted by molar-refractivity contribution is 0.412. The van der Waals surface area contributed by atoms with Gasteiger partial charge in [0.25, 0.3) is 0 Å². The predicted octanol–water partition coefficient (Wildman–Crippen LogP) is 3.01. The maximum absolute atomic E-state index is 5.70. The highest BCUT2D eigenvalue weighted by atomic mass is 32.2. The Morgan fingerprint density at radius 2 is 2.38 bits per heavy atom. The summed E-state index contributed by atoms with van der Waals surface area (Å²) in [6, 6.07) is 6.43. The Kier molecular flexibility index (Phi) is 4.13. The largest absolute Gasteiger partial charge is 0.497 e. The predicted molar refractivity (Wildman–Crippen MR) is 69.4 cm³/mol. The molecule has 0 aliphatic carbocycles. The second kappa shape index (κ2) is 5.60. The Hall–Kier alpha value is -0.670. The average Bonchev–Trinajstić information content (AvgIpc) is 2.52. The van der Waals surface area contributed by atoms with Crippen LogP contribution in [-0.4, -0.2) is 19.4 Å². The third kappa shape index (κ3) is 2.53. The van der Waals surface area contributed by atoms with E-state index in [0.717, 1.165) is 18.7 Å². The molecule has 3 heteroatoms. The molecule has 2 N–H and O–H groups in total. The number of rotatable bonds is 3. The summed E-state index contributed by atoms with van der Waals surface area (Å²) in [6.45, 7) is 0.770. The summed E-state index contributed by atoms with van der Waals surface area (Å²) in [7, 11) is 1.73. The van der Waals surface area contributed by atoms with Crippen LogP contribution in [0, 0.1) is 0 Å². The van der Waals surface area contributed by atoms with E-state index in [9.17, 15) is 0 Å². The van der Waals surface area contributed by atoms with Crippen molar-refractivity contribution >= 4 is 11.8 Å². The molecule has 1 atom stereocenters. The van der Waals surface area contributed by atoms with Gasteiger partial charge in [0.2, 0.25) is 0 Å². The van der Waals surface area contributed by atoms with E-state index in [4.69, 9.17) is 10.5 Å². The van der Waals surface area contributed by atoms with Gasteiger partial charge in [-0.3, -0.25) is 0 Å². The minimum Gasteiger partial charge on any atom is -0.497 e. The van der Waals surface area contributed by atoms with Crippen molar-refractivity contribution in [3.63, 3.8) is 0 Å². The van der Waals surface area contributed by atoms with Crippen molar-refractivity contribution in [2.75, 3.05) is 19.4 Å². The fraction of sp³-hybridized carbons (Fsp3) is 0.538. The number of hydrogen-bond acceptors (Lipinski definition) is 3. The lowest BCUT2D eigenvalue weighted by Crippen LogP contribution is -2.07. The van der Waals surface area contributed by atoms with Gasteiger partial charge >= 0.3 is 0 Å². The lowest BCUT2D eigenvalue weighted by Gasteiger charge is -2.17. The summed E-state index contributed by atoms with van der Waals surface area (Å²) in [5.41, 5.74) is 7.14. The minimum atomic E-state index is 0.616. The number of nitrogens with two attached hydrogens (primary N) is 1. The van der Waals surface area contributed by atoms with Gasteiger partial charge in [0.1, 0.15) is 5.75 Å². The van der Waals surface area contributed by atoms with Crippen LogP contribution >= 0.6 is 11.8 Å². The van der Waals surface area contributed by atoms with E-state index < -0.39 is 0 Å². The summed E-state index contributed by atoms with van der Waals surface area (Å²) < 4.78 is 5.31. The van der Waals surface area contributed by atoms with Gasteiger partial charge < -0.3 is 10.5 Å². The molecule has 0 amide bonds. The first-order valence-electron chi connectivity index (χ1n) is 5.86. The van der Waals surface area contributed by atoms with Gasteiger partial charge in [-0.15, -0.1) is 11.8 Å². The molecule has 0 aromatic heterocycles. The van der Waals surface area contributed by atoms with Crippen molar-refractivity contribution in [2.45, 2.75) is 30.1 Å². The number of fused-ring (bicyclic) bond motifs is 1. The van der Waals surface area contributed by atoms with Crippen LogP contribution in [0.1, 0.15) is 30.7 Å². The van der Waals surface area contributed by atoms with Gasteiger partial charge in [-0.05, 0) is 61.2 Å². The standard InChI is InChI=1S/C13H19NOS/c1-15-11-4-5-13-12(9-11)10(6-7-14)3-2-8-16-13/h4-5,9-10H,2-3,6-8,14H2,1H3. The second-order valence-electron chi connectivity index (χ2n) is 4.17. The van der Waals surface area contributed by atoms with Crippen molar-refractivity contribution in [1.29, 1.82) is 0 Å². The summed E-state index contributed by atoms with van der Waals surface area (Å²) in [4.78, 5) is 1.41. The van der Waals surface area contributed by atoms with E-state index in [-0.39, 0.29) is 0 Å². The van der Waals surface area contributed by atoms with Crippen LogP contribution in [-0.2, 0) is 0 Å². The molecule has 1 aromatic rings. The Bertz CT molecular complexity index is 354. The topological polar surface area (TPSA) is 35.2 Å². The maximum atomic E-state index is 5.70. The molecule has 0 saturated heterocycles. The van der Waals surface area contributed by atoms with Crippen LogP contribution < -0.4 is 10.5 Å². The Balaban J connectivity index is 2.33. The monoisotopic (exact) mass is 237 g/mol. The Morgan fingerprint density at radius 1 is 1.50 bits per heavy atom. The maximum Gasteiger partial charge on any atom is 0.119 e. The molecule has 88 valence electrons. The van der Waals surface area contributed by atoms with Crippen LogP contribution in [0.5, 0.6) is 5.75 Å². The first-order chi connectivity index (χ1) is 7.85. The number of hydrogen-bond donors (Lipinski definition) is 1. The van der Waals surface area contributed by atoms with Crippen molar-refractivity contribution < 1.29 is 4.74 Å². The van der Waals surface area contributed by atoms with Crippen molar-refractivity contribution in [3.8, 4) is 5.75 Å². The van der Waals surface area contributed by atoms with E-state index in [1.807, 2.05) is 11.8 Å². The molecule has 1 unspecified atom stereocenters. The molecule has 0 bridgehead atoms. The highest BCUT2D eigenvalue weighted by molar-refractivity contribution is 7.99. The quantitative estimate of drug-likeness (QED) is 0.877. The van der Waals surface area contributed by atoms with Crippen molar-refractivity contribution in [3.05, 3.63) is 23.8 Å². The van der Waals surface area contributed by atoms with Crippen molar-refractivity contribution in [1.82, 2.24) is 0 Å². The summed E-state index contributed by atoms with van der Waals surface area (Å²) >= 11 is 1.96. The third-order valence-electron chi connectivity index (χ3n) is 3.13. The van der Waals surface area contributed by atoms with E-state index >= 15 is 0 Å². The fourth-order valence-corrected chi connectivity index (χ4v) is 3.36. The van der Waals surface area contributed by atoms with Crippen LogP contribution in [0.25, 0.3) is 0 Å². The molecule has 1 aliphatic heterocycles. The molecule has 1 aromatic carbocycles. The molecule has 2 rings (SSSR count). The fourth-order valence-electron chi connectivity index (χ4n) is 2.27. The van der Waals surface area contributed by atoms with Crippen LogP contribution in [0.3, 0.4) is 0 Å². The molecular formula is C13H19NOS. The minimum absolute atomic E-state index is 0.616. The summed E-state index contributed by atoms with van der Waals surface area (Å²) in [5, 5.41) is 0. The molecular weight excluding hydrogens is 218 g/mol. The number of methoxy groups -OCH3 is 1. The number of thioether (sulfide) groups is 1. The zero-order valence-electron chi connectivity index (χ0n) is 9.74. The van der Waals surface area contributed by atoms with Gasteiger partial charge in [-0.1, -0.05) is 0 Å². The van der Waals surface area contributed by atoms with Gasteiger partial charge in [0.05, 0.1) is 7.11 Å². The summed E-state index contributed by atoms with van der Waals surface area (Å²) in [5.74, 6) is 2.80.